The Morgan fingerprint density at radius 1 is 1.16 bits per heavy atom. The average Bonchev–Trinajstić information content (AvgIpc) is 3.58. The maximum absolute atomic E-state index is 13.4. The molecule has 12 heteroatoms. The Kier molecular flexibility index (Phi) is 4.21. The van der Waals surface area contributed by atoms with E-state index in [0.717, 1.165) is 16.9 Å². The summed E-state index contributed by atoms with van der Waals surface area (Å²) >= 11 is 6.30. The molecule has 1 N–H and O–H groups in total. The number of aromatic amines is 1. The molecule has 0 unspecified atom stereocenters. The molecule has 0 radical (unpaired) electrons. The molecule has 0 fully saturated rings. The van der Waals surface area contributed by atoms with Crippen LogP contribution in [0.3, 0.4) is 0 Å². The molecule has 0 spiro atoms. The van der Waals surface area contributed by atoms with Gasteiger partial charge in [0.25, 0.3) is 5.89 Å². The van der Waals surface area contributed by atoms with Crippen molar-refractivity contribution in [2.75, 3.05) is 6.54 Å². The number of pyridine rings is 1. The molecule has 5 aromatic rings. The second-order valence-corrected chi connectivity index (χ2v) is 7.54. The molecule has 0 saturated carbocycles. The molecule has 6 heterocycles. The molecule has 0 bridgehead atoms. The van der Waals surface area contributed by atoms with Crippen molar-refractivity contribution in [2.24, 2.45) is 0 Å². The lowest BCUT2D eigenvalue weighted by Gasteiger charge is -2.32. The first kappa shape index (κ1) is 18.6. The minimum atomic E-state index is -0.545. The number of carbonyl (C=O) groups is 1. The number of nitrogens with zero attached hydrogens (tertiary/aromatic N) is 8. The zero-order valence-corrected chi connectivity index (χ0v) is 17.1. The molecule has 11 nitrogen and oxygen atoms in total. The van der Waals surface area contributed by atoms with E-state index >= 15 is 0 Å². The molecule has 1 atom stereocenters. The topological polar surface area (TPSA) is 131 Å². The van der Waals surface area contributed by atoms with Crippen molar-refractivity contribution in [1.29, 1.82) is 0 Å². The van der Waals surface area contributed by atoms with Crippen molar-refractivity contribution < 1.29 is 9.21 Å². The fourth-order valence-electron chi connectivity index (χ4n) is 3.86. The molecule has 32 heavy (non-hydrogen) atoms. The van der Waals surface area contributed by atoms with Gasteiger partial charge in [0.05, 0.1) is 23.2 Å². The van der Waals surface area contributed by atoms with Crippen molar-refractivity contribution in [1.82, 2.24) is 44.6 Å². The number of amides is 1. The highest BCUT2D eigenvalue weighted by Gasteiger charge is 2.38. The van der Waals surface area contributed by atoms with E-state index in [-0.39, 0.29) is 17.6 Å². The molecule has 0 aromatic carbocycles. The number of imidazole rings is 1. The van der Waals surface area contributed by atoms with Crippen LogP contribution in [0, 0.1) is 0 Å². The highest BCUT2D eigenvalue weighted by Crippen LogP contribution is 2.34. The second kappa shape index (κ2) is 7.24. The van der Waals surface area contributed by atoms with Crippen LogP contribution in [0.1, 0.15) is 33.8 Å². The molecule has 158 valence electrons. The number of hydrogen-bond acceptors (Lipinski definition) is 8. The highest BCUT2D eigenvalue weighted by atomic mass is 35.5. The monoisotopic (exact) mass is 447 g/mol. The van der Waals surface area contributed by atoms with Crippen molar-refractivity contribution >= 4 is 23.0 Å². The molecule has 6 rings (SSSR count). The van der Waals surface area contributed by atoms with Crippen LogP contribution in [0.15, 0.2) is 53.5 Å². The SMILES string of the molecule is O=C(c1nnc(-c2ncccn2)o1)N1CCc2[nH]cnc2[C@@H]1c1cc2cccc(Cl)n2n1. The van der Waals surface area contributed by atoms with E-state index < -0.39 is 11.9 Å². The summed E-state index contributed by atoms with van der Waals surface area (Å²) < 4.78 is 7.23. The first-order valence-corrected chi connectivity index (χ1v) is 10.1. The van der Waals surface area contributed by atoms with E-state index in [1.54, 1.807) is 40.3 Å². The quantitative estimate of drug-likeness (QED) is 0.417. The second-order valence-electron chi connectivity index (χ2n) is 7.16. The summed E-state index contributed by atoms with van der Waals surface area (Å²) in [4.78, 5) is 30.8. The van der Waals surface area contributed by atoms with Gasteiger partial charge in [0, 0.05) is 31.1 Å². The zero-order valence-electron chi connectivity index (χ0n) is 16.4. The molecular weight excluding hydrogens is 434 g/mol. The van der Waals surface area contributed by atoms with Crippen molar-refractivity contribution in [2.45, 2.75) is 12.5 Å². The van der Waals surface area contributed by atoms with Gasteiger partial charge < -0.3 is 14.3 Å². The summed E-state index contributed by atoms with van der Waals surface area (Å²) in [6.07, 6.45) is 5.34. The van der Waals surface area contributed by atoms with Gasteiger partial charge in [0.1, 0.15) is 11.2 Å². The third-order valence-electron chi connectivity index (χ3n) is 5.29. The fourth-order valence-corrected chi connectivity index (χ4v) is 4.07. The number of nitrogens with one attached hydrogen (secondary N) is 1. The van der Waals surface area contributed by atoms with Crippen LogP contribution < -0.4 is 0 Å². The van der Waals surface area contributed by atoms with E-state index in [9.17, 15) is 4.79 Å². The summed E-state index contributed by atoms with van der Waals surface area (Å²) in [5, 5.41) is 13.0. The maximum Gasteiger partial charge on any atom is 0.312 e. The van der Waals surface area contributed by atoms with E-state index in [0.29, 0.717) is 23.8 Å². The van der Waals surface area contributed by atoms with Crippen LogP contribution >= 0.6 is 11.6 Å². The van der Waals surface area contributed by atoms with Crippen LogP contribution in [-0.2, 0) is 6.42 Å². The van der Waals surface area contributed by atoms with Crippen LogP contribution in [0.5, 0.6) is 0 Å². The predicted molar refractivity (Wildman–Crippen MR) is 111 cm³/mol. The summed E-state index contributed by atoms with van der Waals surface area (Å²) in [7, 11) is 0. The standard InChI is InChI=1S/C20H14ClN9O2/c21-14-4-1-3-11-9-13(28-30(11)14)16-15-12(24-10-25-15)5-8-29(16)20(31)19-27-26-18(32-19)17-22-6-2-7-23-17/h1-4,6-7,9-10,16H,5,8H2,(H,24,25)/t16-/m0/s1. The van der Waals surface area contributed by atoms with Crippen molar-refractivity contribution in [3.63, 3.8) is 0 Å². The fraction of sp³-hybridized carbons (Fsp3) is 0.150. The third kappa shape index (κ3) is 2.94. The number of carbonyl (C=O) groups excluding carboxylic acids is 1. The molecule has 1 aliphatic heterocycles. The first-order valence-electron chi connectivity index (χ1n) is 9.77. The molecule has 0 aliphatic carbocycles. The van der Waals surface area contributed by atoms with E-state index in [2.05, 4.69) is 35.2 Å². The molecular formula is C20H14ClN9O2. The summed E-state index contributed by atoms with van der Waals surface area (Å²) in [5.74, 6) is -0.263. The molecule has 1 amide bonds. The van der Waals surface area contributed by atoms with Gasteiger partial charge in [-0.2, -0.15) is 5.10 Å². The van der Waals surface area contributed by atoms with Gasteiger partial charge >= 0.3 is 11.8 Å². The van der Waals surface area contributed by atoms with E-state index in [1.165, 1.54) is 0 Å². The van der Waals surface area contributed by atoms with Gasteiger partial charge in [-0.1, -0.05) is 17.7 Å². The Hall–Kier alpha value is -4.12. The minimum Gasteiger partial charge on any atom is -0.409 e. The number of hydrogen-bond donors (Lipinski definition) is 1. The highest BCUT2D eigenvalue weighted by molar-refractivity contribution is 6.29. The smallest absolute Gasteiger partial charge is 0.312 e. The largest absolute Gasteiger partial charge is 0.409 e. The van der Waals surface area contributed by atoms with Gasteiger partial charge in [-0.3, -0.25) is 4.79 Å². The lowest BCUT2D eigenvalue weighted by Crippen LogP contribution is -2.41. The lowest BCUT2D eigenvalue weighted by molar-refractivity contribution is 0.0646. The number of rotatable bonds is 3. The van der Waals surface area contributed by atoms with E-state index in [1.807, 2.05) is 18.2 Å². The van der Waals surface area contributed by atoms with Gasteiger partial charge in [-0.05, 0) is 24.3 Å². The Bertz CT molecular complexity index is 1440. The summed E-state index contributed by atoms with van der Waals surface area (Å²) in [6.45, 7) is 0.417. The number of H-pyrrole nitrogens is 1. The van der Waals surface area contributed by atoms with Gasteiger partial charge in [0.15, 0.2) is 0 Å². The maximum atomic E-state index is 13.4. The van der Waals surface area contributed by atoms with Crippen molar-refractivity contribution in [3.05, 3.63) is 77.2 Å². The zero-order chi connectivity index (χ0) is 21.7. The lowest BCUT2D eigenvalue weighted by atomic mass is 9.99. The third-order valence-corrected chi connectivity index (χ3v) is 5.58. The summed E-state index contributed by atoms with van der Waals surface area (Å²) in [6, 6.07) is 8.51. The summed E-state index contributed by atoms with van der Waals surface area (Å²) in [5.41, 5.74) is 3.11. The van der Waals surface area contributed by atoms with Crippen LogP contribution in [0.2, 0.25) is 5.15 Å². The predicted octanol–water partition coefficient (Wildman–Crippen LogP) is 2.34. The average molecular weight is 448 g/mol. The number of halogens is 1. The normalized spacial score (nSPS) is 15.8. The van der Waals surface area contributed by atoms with E-state index in [4.69, 9.17) is 16.0 Å². The number of aromatic nitrogens is 8. The van der Waals surface area contributed by atoms with Crippen molar-refractivity contribution in [3.8, 4) is 11.7 Å². The molecule has 0 saturated heterocycles. The molecule has 1 aliphatic rings. The Balaban J connectivity index is 1.41. The molecule has 5 aromatic heterocycles. The number of fused-ring (bicyclic) bond motifs is 2. The minimum absolute atomic E-state index is 0.0717. The Labute approximate surface area is 185 Å². The van der Waals surface area contributed by atoms with Gasteiger partial charge in [-0.25, -0.2) is 19.5 Å². The van der Waals surface area contributed by atoms with Crippen LogP contribution in [0.25, 0.3) is 17.2 Å². The van der Waals surface area contributed by atoms with Gasteiger partial charge in [-0.15, -0.1) is 10.2 Å². The van der Waals surface area contributed by atoms with Gasteiger partial charge in [0.2, 0.25) is 5.82 Å². The Morgan fingerprint density at radius 2 is 2.03 bits per heavy atom. The first-order chi connectivity index (χ1) is 15.7. The van der Waals surface area contributed by atoms with Crippen LogP contribution in [-0.4, -0.2) is 57.1 Å². The Morgan fingerprint density at radius 3 is 2.88 bits per heavy atom. The van der Waals surface area contributed by atoms with Crippen LogP contribution in [0.4, 0.5) is 0 Å².